The molecule has 0 bridgehead atoms. The number of thioether (sulfide) groups is 1. The molecule has 2 unspecified atom stereocenters. The van der Waals surface area contributed by atoms with Gasteiger partial charge in [-0.3, -0.25) is 4.79 Å². The van der Waals surface area contributed by atoms with E-state index in [0.29, 0.717) is 12.5 Å². The van der Waals surface area contributed by atoms with E-state index in [9.17, 15) is 4.79 Å². The Bertz CT molecular complexity index is 318. The summed E-state index contributed by atoms with van der Waals surface area (Å²) in [7, 11) is 1.50. The normalized spacial score (nSPS) is 28.1. The summed E-state index contributed by atoms with van der Waals surface area (Å²) in [5, 5.41) is 4.46. The van der Waals surface area contributed by atoms with E-state index < -0.39 is 0 Å². The number of nitrogens with one attached hydrogen (secondary N) is 1. The van der Waals surface area contributed by atoms with Gasteiger partial charge in [0.15, 0.2) is 0 Å². The van der Waals surface area contributed by atoms with E-state index >= 15 is 0 Å². The number of esters is 1. The van der Waals surface area contributed by atoms with E-state index in [-0.39, 0.29) is 11.4 Å². The highest BCUT2D eigenvalue weighted by Crippen LogP contribution is 2.52. The zero-order valence-corrected chi connectivity index (χ0v) is 13.8. The van der Waals surface area contributed by atoms with E-state index in [1.165, 1.54) is 52.1 Å². The molecule has 116 valence electrons. The highest BCUT2D eigenvalue weighted by Gasteiger charge is 2.45. The average Bonchev–Trinajstić information content (AvgIpc) is 3.23. The molecule has 2 atom stereocenters. The molecule has 4 heteroatoms. The van der Waals surface area contributed by atoms with Gasteiger partial charge >= 0.3 is 5.97 Å². The van der Waals surface area contributed by atoms with Crippen LogP contribution in [0.3, 0.4) is 0 Å². The number of carbonyl (C=O) groups excluding carboxylic acids is 1. The summed E-state index contributed by atoms with van der Waals surface area (Å²) in [5.74, 6) is 1.10. The molecule has 2 rings (SSSR count). The number of methoxy groups -OCH3 is 1. The fourth-order valence-corrected chi connectivity index (χ4v) is 4.83. The largest absolute Gasteiger partial charge is 0.469 e. The molecule has 2 fully saturated rings. The molecule has 2 aliphatic carbocycles. The molecule has 0 aliphatic heterocycles. The third kappa shape index (κ3) is 4.66. The maximum Gasteiger partial charge on any atom is 0.306 e. The standard InChI is InChI=1S/C16H29NO2S/c1-3-10-17-13-6-4-5-7-14(13)20-12-16(8-9-16)11-15(18)19-2/h13-14,17H,3-12H2,1-2H3. The predicted octanol–water partition coefficient (Wildman–Crippen LogP) is 3.37. The number of hydrogen-bond acceptors (Lipinski definition) is 4. The second-order valence-corrected chi connectivity index (χ2v) is 7.67. The lowest BCUT2D eigenvalue weighted by Crippen LogP contribution is -2.41. The van der Waals surface area contributed by atoms with Crippen LogP contribution in [0.25, 0.3) is 0 Å². The van der Waals surface area contributed by atoms with Crippen LogP contribution >= 0.6 is 11.8 Å². The molecule has 0 saturated heterocycles. The molecule has 0 heterocycles. The molecule has 0 spiro atoms. The minimum atomic E-state index is -0.0348. The van der Waals surface area contributed by atoms with Gasteiger partial charge in [-0.05, 0) is 49.8 Å². The van der Waals surface area contributed by atoms with Gasteiger partial charge in [-0.25, -0.2) is 0 Å². The van der Waals surface area contributed by atoms with E-state index in [1.807, 2.05) is 0 Å². The van der Waals surface area contributed by atoms with Gasteiger partial charge in [0.25, 0.3) is 0 Å². The lowest BCUT2D eigenvalue weighted by Gasteiger charge is -2.33. The van der Waals surface area contributed by atoms with Gasteiger partial charge in [-0.15, -0.1) is 0 Å². The minimum Gasteiger partial charge on any atom is -0.469 e. The Morgan fingerprint density at radius 2 is 2.10 bits per heavy atom. The Labute approximate surface area is 127 Å². The van der Waals surface area contributed by atoms with Crippen LogP contribution in [0.5, 0.6) is 0 Å². The summed E-state index contributed by atoms with van der Waals surface area (Å²) >= 11 is 2.11. The van der Waals surface area contributed by atoms with Gasteiger partial charge in [-0.1, -0.05) is 19.8 Å². The molecule has 2 saturated carbocycles. The smallest absolute Gasteiger partial charge is 0.306 e. The summed E-state index contributed by atoms with van der Waals surface area (Å²) < 4.78 is 4.83. The zero-order valence-electron chi connectivity index (χ0n) is 13.0. The Morgan fingerprint density at radius 3 is 2.75 bits per heavy atom. The Morgan fingerprint density at radius 1 is 1.35 bits per heavy atom. The fourth-order valence-electron chi connectivity index (χ4n) is 3.07. The molecular formula is C16H29NO2S. The summed E-state index contributed by atoms with van der Waals surface area (Å²) in [6.45, 7) is 3.36. The first-order valence-electron chi connectivity index (χ1n) is 8.11. The maximum absolute atomic E-state index is 11.5. The average molecular weight is 299 g/mol. The van der Waals surface area contributed by atoms with Crippen molar-refractivity contribution < 1.29 is 9.53 Å². The predicted molar refractivity (Wildman–Crippen MR) is 85.1 cm³/mol. The maximum atomic E-state index is 11.5. The van der Waals surface area contributed by atoms with Crippen molar-refractivity contribution in [2.45, 2.75) is 69.6 Å². The first-order valence-corrected chi connectivity index (χ1v) is 9.16. The van der Waals surface area contributed by atoms with Gasteiger partial charge < -0.3 is 10.1 Å². The quantitative estimate of drug-likeness (QED) is 0.697. The molecule has 0 aromatic rings. The van der Waals surface area contributed by atoms with Crippen LogP contribution in [-0.4, -0.2) is 36.7 Å². The van der Waals surface area contributed by atoms with Crippen molar-refractivity contribution in [3.8, 4) is 0 Å². The Hall–Kier alpha value is -0.220. The van der Waals surface area contributed by atoms with Crippen molar-refractivity contribution in [3.63, 3.8) is 0 Å². The first-order chi connectivity index (χ1) is 9.69. The highest BCUT2D eigenvalue weighted by molar-refractivity contribution is 8.00. The second kappa shape index (κ2) is 7.69. The minimum absolute atomic E-state index is 0.0348. The monoisotopic (exact) mass is 299 g/mol. The SMILES string of the molecule is CCCNC1CCCCC1SCC1(CC(=O)OC)CC1. The van der Waals surface area contributed by atoms with Gasteiger partial charge in [0.1, 0.15) is 0 Å². The third-order valence-corrected chi connectivity index (χ3v) is 6.44. The highest BCUT2D eigenvalue weighted by atomic mass is 32.2. The number of rotatable bonds is 8. The van der Waals surface area contributed by atoms with Crippen LogP contribution in [0.1, 0.15) is 58.3 Å². The van der Waals surface area contributed by atoms with Crippen molar-refractivity contribution in [3.05, 3.63) is 0 Å². The number of hydrogen-bond donors (Lipinski definition) is 1. The van der Waals surface area contributed by atoms with E-state index in [0.717, 1.165) is 17.5 Å². The lowest BCUT2D eigenvalue weighted by molar-refractivity contribution is -0.141. The number of ether oxygens (including phenoxy) is 1. The van der Waals surface area contributed by atoms with Crippen molar-refractivity contribution in [2.24, 2.45) is 5.41 Å². The third-order valence-electron chi connectivity index (χ3n) is 4.67. The van der Waals surface area contributed by atoms with E-state index in [4.69, 9.17) is 4.74 Å². The fraction of sp³-hybridized carbons (Fsp3) is 0.938. The van der Waals surface area contributed by atoms with Crippen LogP contribution in [0.4, 0.5) is 0 Å². The Kier molecular flexibility index (Phi) is 6.21. The van der Waals surface area contributed by atoms with Crippen molar-refractivity contribution in [1.82, 2.24) is 5.32 Å². The van der Waals surface area contributed by atoms with Crippen molar-refractivity contribution in [2.75, 3.05) is 19.4 Å². The summed E-state index contributed by atoms with van der Waals surface area (Å²) in [6.07, 6.45) is 9.62. The van der Waals surface area contributed by atoms with E-state index in [1.54, 1.807) is 0 Å². The van der Waals surface area contributed by atoms with Crippen molar-refractivity contribution >= 4 is 17.7 Å². The molecule has 20 heavy (non-hydrogen) atoms. The van der Waals surface area contributed by atoms with Crippen LogP contribution in [0.2, 0.25) is 0 Å². The van der Waals surface area contributed by atoms with Gasteiger partial charge in [-0.2, -0.15) is 11.8 Å². The van der Waals surface area contributed by atoms with Crippen LogP contribution < -0.4 is 5.32 Å². The molecule has 0 aromatic carbocycles. The second-order valence-electron chi connectivity index (χ2n) is 6.45. The summed E-state index contributed by atoms with van der Waals surface area (Å²) in [5.41, 5.74) is 0.268. The van der Waals surface area contributed by atoms with Gasteiger partial charge in [0.2, 0.25) is 0 Å². The molecular weight excluding hydrogens is 270 g/mol. The molecule has 3 nitrogen and oxygen atoms in total. The van der Waals surface area contributed by atoms with Gasteiger partial charge in [0, 0.05) is 11.3 Å². The topological polar surface area (TPSA) is 38.3 Å². The zero-order chi connectivity index (χ0) is 14.4. The summed E-state index contributed by atoms with van der Waals surface area (Å²) in [6, 6.07) is 0.683. The molecule has 1 N–H and O–H groups in total. The first kappa shape index (κ1) is 16.2. The molecule has 0 radical (unpaired) electrons. The Balaban J connectivity index is 1.77. The van der Waals surface area contributed by atoms with Crippen LogP contribution in [-0.2, 0) is 9.53 Å². The molecule has 0 aromatic heterocycles. The number of carbonyl (C=O) groups is 1. The van der Waals surface area contributed by atoms with Crippen LogP contribution in [0.15, 0.2) is 0 Å². The van der Waals surface area contributed by atoms with Crippen molar-refractivity contribution in [1.29, 1.82) is 0 Å². The summed E-state index contributed by atoms with van der Waals surface area (Å²) in [4.78, 5) is 11.5. The molecule has 2 aliphatic rings. The van der Waals surface area contributed by atoms with E-state index in [2.05, 4.69) is 24.0 Å². The van der Waals surface area contributed by atoms with Crippen LogP contribution in [0, 0.1) is 5.41 Å². The van der Waals surface area contributed by atoms with Gasteiger partial charge in [0.05, 0.1) is 13.5 Å². The molecule has 0 amide bonds. The lowest BCUT2D eigenvalue weighted by atomic mass is 9.95.